The van der Waals surface area contributed by atoms with Crippen molar-refractivity contribution in [3.05, 3.63) is 29.6 Å². The van der Waals surface area contributed by atoms with Crippen LogP contribution in [0, 0.1) is 5.82 Å². The quantitative estimate of drug-likeness (QED) is 0.770. The molecule has 0 fully saturated rings. The fourth-order valence-corrected chi connectivity index (χ4v) is 1.06. The van der Waals surface area contributed by atoms with Crippen LogP contribution < -0.4 is 5.73 Å². The van der Waals surface area contributed by atoms with Crippen molar-refractivity contribution in [3.8, 4) is 5.75 Å². The number of phenolic OH excluding ortho intramolecular Hbond substituents is 1. The Bertz CT molecular complexity index is 363. The number of halogens is 4. The van der Waals surface area contributed by atoms with Crippen molar-refractivity contribution in [2.24, 2.45) is 5.73 Å². The molecule has 1 aromatic rings. The summed E-state index contributed by atoms with van der Waals surface area (Å²) in [6.45, 7) is -1.42. The second-order valence-electron chi connectivity index (χ2n) is 3.11. The van der Waals surface area contributed by atoms with E-state index in [1.165, 1.54) is 0 Å². The number of rotatable bonds is 3. The minimum atomic E-state index is -3.52. The van der Waals surface area contributed by atoms with Crippen LogP contribution in [0.3, 0.4) is 0 Å². The van der Waals surface area contributed by atoms with E-state index in [1.807, 2.05) is 0 Å². The highest BCUT2D eigenvalue weighted by Crippen LogP contribution is 2.30. The van der Waals surface area contributed by atoms with Gasteiger partial charge in [-0.1, -0.05) is 6.07 Å². The number of aliphatic hydroxyl groups is 1. The lowest BCUT2D eigenvalue weighted by atomic mass is 10.0. The molecule has 4 N–H and O–H groups in total. The molecule has 0 heterocycles. The van der Waals surface area contributed by atoms with Gasteiger partial charge >= 0.3 is 0 Å². The molecule has 3 nitrogen and oxygen atoms in total. The van der Waals surface area contributed by atoms with Gasteiger partial charge in [0.15, 0.2) is 11.6 Å². The number of hydrogen-bond donors (Lipinski definition) is 3. The molecule has 0 aliphatic heterocycles. The molecule has 92 valence electrons. The highest BCUT2D eigenvalue weighted by Gasteiger charge is 2.37. The molecule has 0 bridgehead atoms. The standard InChI is InChI=1S/C9H10F3NO2.ClH/c10-6-3-5(1-2-7(6)15)8(13)9(11,12)4-14;/h1-3,8,14-15H,4,13H2;1H/t8-;/m1./s1. The molecule has 0 unspecified atom stereocenters. The SMILES string of the molecule is Cl.N[C@H](c1ccc(O)c(F)c1)C(F)(F)CO. The Morgan fingerprint density at radius 1 is 1.38 bits per heavy atom. The van der Waals surface area contributed by atoms with Gasteiger partial charge in [0.2, 0.25) is 0 Å². The van der Waals surface area contributed by atoms with E-state index in [0.717, 1.165) is 12.1 Å². The first-order valence-electron chi connectivity index (χ1n) is 4.11. The predicted molar refractivity (Wildman–Crippen MR) is 54.3 cm³/mol. The Kier molecular flexibility index (Phi) is 5.05. The van der Waals surface area contributed by atoms with Gasteiger partial charge in [0.05, 0.1) is 6.04 Å². The summed E-state index contributed by atoms with van der Waals surface area (Å²) in [4.78, 5) is 0. The first kappa shape index (κ1) is 15.0. The minimum absolute atomic E-state index is 0. The lowest BCUT2D eigenvalue weighted by Gasteiger charge is -2.21. The number of aromatic hydroxyl groups is 1. The van der Waals surface area contributed by atoms with Crippen molar-refractivity contribution < 1.29 is 23.4 Å². The number of aliphatic hydroxyl groups excluding tert-OH is 1. The summed E-state index contributed by atoms with van der Waals surface area (Å²) < 4.78 is 38.6. The maximum Gasteiger partial charge on any atom is 0.289 e. The second kappa shape index (κ2) is 5.38. The van der Waals surface area contributed by atoms with Crippen molar-refractivity contribution in [1.82, 2.24) is 0 Å². The lowest BCUT2D eigenvalue weighted by Crippen LogP contribution is -2.36. The van der Waals surface area contributed by atoms with Crippen LogP contribution in [0.5, 0.6) is 5.75 Å². The molecule has 0 aromatic heterocycles. The number of phenols is 1. The summed E-state index contributed by atoms with van der Waals surface area (Å²) in [5, 5.41) is 17.2. The zero-order chi connectivity index (χ0) is 11.6. The third kappa shape index (κ3) is 3.01. The fraction of sp³-hybridized carbons (Fsp3) is 0.333. The predicted octanol–water partition coefficient (Wildman–Crippen LogP) is 1.58. The van der Waals surface area contributed by atoms with E-state index in [4.69, 9.17) is 15.9 Å². The Balaban J connectivity index is 0.00000225. The van der Waals surface area contributed by atoms with E-state index in [-0.39, 0.29) is 18.0 Å². The molecular weight excluding hydrogens is 247 g/mol. The first-order chi connectivity index (χ1) is 6.88. The van der Waals surface area contributed by atoms with Crippen LogP contribution in [0.15, 0.2) is 18.2 Å². The maximum absolute atomic E-state index is 12.9. The molecule has 0 spiro atoms. The molecule has 0 saturated heterocycles. The number of alkyl halides is 2. The van der Waals surface area contributed by atoms with Crippen molar-refractivity contribution >= 4 is 12.4 Å². The maximum atomic E-state index is 12.9. The second-order valence-corrected chi connectivity index (χ2v) is 3.11. The van der Waals surface area contributed by atoms with Crippen LogP contribution in [-0.2, 0) is 0 Å². The van der Waals surface area contributed by atoms with Crippen LogP contribution in [0.2, 0.25) is 0 Å². The smallest absolute Gasteiger partial charge is 0.289 e. The van der Waals surface area contributed by atoms with Gasteiger partial charge in [-0.15, -0.1) is 12.4 Å². The van der Waals surface area contributed by atoms with Gasteiger partial charge in [-0.2, -0.15) is 0 Å². The van der Waals surface area contributed by atoms with Gasteiger partial charge in [-0.3, -0.25) is 0 Å². The molecule has 16 heavy (non-hydrogen) atoms. The molecule has 1 atom stereocenters. The van der Waals surface area contributed by atoms with Gasteiger partial charge < -0.3 is 15.9 Å². The minimum Gasteiger partial charge on any atom is -0.505 e. The molecular formula is C9H11ClF3NO2. The van der Waals surface area contributed by atoms with E-state index in [2.05, 4.69) is 0 Å². The normalized spacial score (nSPS) is 13.1. The zero-order valence-corrected chi connectivity index (χ0v) is 8.85. The van der Waals surface area contributed by atoms with E-state index in [9.17, 15) is 13.2 Å². The van der Waals surface area contributed by atoms with E-state index in [1.54, 1.807) is 0 Å². The van der Waals surface area contributed by atoms with Crippen LogP contribution in [0.4, 0.5) is 13.2 Å². The van der Waals surface area contributed by atoms with Crippen molar-refractivity contribution in [2.75, 3.05) is 6.61 Å². The summed E-state index contributed by atoms with van der Waals surface area (Å²) >= 11 is 0. The van der Waals surface area contributed by atoms with Crippen LogP contribution in [0.1, 0.15) is 11.6 Å². The van der Waals surface area contributed by atoms with E-state index in [0.29, 0.717) is 6.07 Å². The molecule has 1 aromatic carbocycles. The summed E-state index contributed by atoms with van der Waals surface area (Å²) in [6, 6.07) is 0.909. The van der Waals surface area contributed by atoms with Crippen molar-refractivity contribution in [2.45, 2.75) is 12.0 Å². The first-order valence-corrected chi connectivity index (χ1v) is 4.11. The highest BCUT2D eigenvalue weighted by molar-refractivity contribution is 5.85. The van der Waals surface area contributed by atoms with Gasteiger partial charge in [0.1, 0.15) is 6.61 Å². The average molecular weight is 258 g/mol. The molecule has 0 aliphatic rings. The summed E-state index contributed by atoms with van der Waals surface area (Å²) in [5.41, 5.74) is 4.95. The third-order valence-electron chi connectivity index (χ3n) is 2.00. The number of nitrogens with two attached hydrogens (primary N) is 1. The van der Waals surface area contributed by atoms with Gasteiger partial charge in [-0.05, 0) is 17.7 Å². The monoisotopic (exact) mass is 257 g/mol. The average Bonchev–Trinajstić information content (AvgIpc) is 2.21. The largest absolute Gasteiger partial charge is 0.505 e. The summed E-state index contributed by atoms with van der Waals surface area (Å²) in [5.74, 6) is -5.20. The van der Waals surface area contributed by atoms with Crippen LogP contribution in [0.25, 0.3) is 0 Å². The lowest BCUT2D eigenvalue weighted by molar-refractivity contribution is -0.0712. The Morgan fingerprint density at radius 2 is 1.94 bits per heavy atom. The van der Waals surface area contributed by atoms with Crippen LogP contribution >= 0.6 is 12.4 Å². The fourth-order valence-electron chi connectivity index (χ4n) is 1.06. The topological polar surface area (TPSA) is 66.5 Å². The Hall–Kier alpha value is -0.980. The summed E-state index contributed by atoms with van der Waals surface area (Å²) in [6.07, 6.45) is 0. The van der Waals surface area contributed by atoms with Crippen molar-refractivity contribution in [1.29, 1.82) is 0 Å². The molecule has 0 radical (unpaired) electrons. The zero-order valence-electron chi connectivity index (χ0n) is 8.03. The molecule has 0 saturated carbocycles. The van der Waals surface area contributed by atoms with Crippen LogP contribution in [-0.4, -0.2) is 22.7 Å². The Labute approximate surface area is 96.1 Å². The van der Waals surface area contributed by atoms with E-state index >= 15 is 0 Å². The van der Waals surface area contributed by atoms with Gasteiger partial charge in [-0.25, -0.2) is 13.2 Å². The van der Waals surface area contributed by atoms with Gasteiger partial charge in [0.25, 0.3) is 5.92 Å². The third-order valence-corrected chi connectivity index (χ3v) is 2.00. The molecule has 7 heteroatoms. The number of benzene rings is 1. The Morgan fingerprint density at radius 3 is 2.38 bits per heavy atom. The molecule has 0 amide bonds. The number of hydrogen-bond acceptors (Lipinski definition) is 3. The molecule has 0 aliphatic carbocycles. The van der Waals surface area contributed by atoms with Crippen molar-refractivity contribution in [3.63, 3.8) is 0 Å². The summed E-state index contributed by atoms with van der Waals surface area (Å²) in [7, 11) is 0. The highest BCUT2D eigenvalue weighted by atomic mass is 35.5. The van der Waals surface area contributed by atoms with E-state index < -0.39 is 30.1 Å². The van der Waals surface area contributed by atoms with Gasteiger partial charge in [0, 0.05) is 0 Å². The molecule has 1 rings (SSSR count).